The third-order valence-electron chi connectivity index (χ3n) is 3.95. The molecule has 5 nitrogen and oxygen atoms in total. The van der Waals surface area contributed by atoms with Crippen LogP contribution in [0.5, 0.6) is 11.5 Å². The van der Waals surface area contributed by atoms with E-state index >= 15 is 0 Å². The molecule has 0 saturated carbocycles. The number of methoxy groups -OCH3 is 1. The molecule has 6 heteroatoms. The maximum Gasteiger partial charge on any atom is 0.251 e. The number of rotatable bonds is 8. The Bertz CT molecular complexity index is 556. The number of benzene rings is 1. The summed E-state index contributed by atoms with van der Waals surface area (Å²) in [6.07, 6.45) is 3.04. The van der Waals surface area contributed by atoms with E-state index in [1.807, 2.05) is 0 Å². The Morgan fingerprint density at radius 3 is 2.88 bits per heavy atom. The molecule has 1 aromatic rings. The van der Waals surface area contributed by atoms with E-state index < -0.39 is 0 Å². The van der Waals surface area contributed by atoms with Crippen molar-refractivity contribution in [3.63, 3.8) is 0 Å². The summed E-state index contributed by atoms with van der Waals surface area (Å²) < 4.78 is 16.6. The lowest BCUT2D eigenvalue weighted by Gasteiger charge is -2.15. The first-order chi connectivity index (χ1) is 11.5. The predicted octanol–water partition coefficient (Wildman–Crippen LogP) is 3.68. The van der Waals surface area contributed by atoms with Gasteiger partial charge in [-0.05, 0) is 37.3 Å². The SMILES string of the molecule is COc1cc(C(=O)NCC2CCCO2)cc(Cl)c1OCCC(C)C. The third-order valence-corrected chi connectivity index (χ3v) is 4.23. The van der Waals surface area contributed by atoms with Gasteiger partial charge < -0.3 is 19.5 Å². The second-order valence-corrected chi connectivity index (χ2v) is 6.77. The standard InChI is InChI=1S/C18H26ClNO4/c1-12(2)6-8-24-17-15(19)9-13(10-16(17)22-3)18(21)20-11-14-5-4-7-23-14/h9-10,12,14H,4-8,11H2,1-3H3,(H,20,21). The van der Waals surface area contributed by atoms with E-state index in [0.717, 1.165) is 25.9 Å². The number of halogens is 1. The minimum atomic E-state index is -0.195. The van der Waals surface area contributed by atoms with Gasteiger partial charge in [0.25, 0.3) is 5.91 Å². The molecule has 0 bridgehead atoms. The van der Waals surface area contributed by atoms with Crippen LogP contribution in [0.25, 0.3) is 0 Å². The van der Waals surface area contributed by atoms with Gasteiger partial charge in [0.15, 0.2) is 11.5 Å². The smallest absolute Gasteiger partial charge is 0.251 e. The van der Waals surface area contributed by atoms with Crippen LogP contribution in [-0.4, -0.2) is 38.9 Å². The van der Waals surface area contributed by atoms with Crippen LogP contribution in [0.2, 0.25) is 5.02 Å². The maximum atomic E-state index is 12.3. The number of amides is 1. The summed E-state index contributed by atoms with van der Waals surface area (Å²) in [5, 5.41) is 3.25. The van der Waals surface area contributed by atoms with E-state index in [0.29, 0.717) is 41.2 Å². The van der Waals surface area contributed by atoms with Gasteiger partial charge in [0.1, 0.15) is 0 Å². The minimum Gasteiger partial charge on any atom is -0.493 e. The van der Waals surface area contributed by atoms with Crippen molar-refractivity contribution < 1.29 is 19.0 Å². The zero-order chi connectivity index (χ0) is 17.5. The molecule has 2 rings (SSSR count). The first kappa shape index (κ1) is 18.9. The summed E-state index contributed by atoms with van der Waals surface area (Å²) in [7, 11) is 1.54. The number of nitrogens with one attached hydrogen (secondary N) is 1. The maximum absolute atomic E-state index is 12.3. The molecule has 24 heavy (non-hydrogen) atoms. The second-order valence-electron chi connectivity index (χ2n) is 6.37. The molecule has 0 aromatic heterocycles. The fourth-order valence-corrected chi connectivity index (χ4v) is 2.77. The summed E-state index contributed by atoms with van der Waals surface area (Å²) in [6, 6.07) is 3.26. The number of carbonyl (C=O) groups excluding carboxylic acids is 1. The van der Waals surface area contributed by atoms with Crippen molar-refractivity contribution in [1.82, 2.24) is 5.32 Å². The van der Waals surface area contributed by atoms with Gasteiger partial charge in [0.05, 0.1) is 24.8 Å². The van der Waals surface area contributed by atoms with Gasteiger partial charge in [-0.25, -0.2) is 0 Å². The molecule has 0 aliphatic carbocycles. The van der Waals surface area contributed by atoms with Gasteiger partial charge in [-0.15, -0.1) is 0 Å². The lowest BCUT2D eigenvalue weighted by molar-refractivity contribution is 0.0857. The van der Waals surface area contributed by atoms with Crippen molar-refractivity contribution >= 4 is 17.5 Å². The molecule has 1 fully saturated rings. The molecule has 1 unspecified atom stereocenters. The zero-order valence-electron chi connectivity index (χ0n) is 14.6. The summed E-state index contributed by atoms with van der Waals surface area (Å²) in [5.41, 5.74) is 0.450. The fraction of sp³-hybridized carbons (Fsp3) is 0.611. The van der Waals surface area contributed by atoms with E-state index in [9.17, 15) is 4.79 Å². The molecule has 0 radical (unpaired) electrons. The van der Waals surface area contributed by atoms with Gasteiger partial charge in [0.2, 0.25) is 0 Å². The molecule has 1 heterocycles. The molecular formula is C18H26ClNO4. The van der Waals surface area contributed by atoms with Gasteiger partial charge >= 0.3 is 0 Å². The third kappa shape index (κ3) is 5.28. The molecule has 1 saturated heterocycles. The van der Waals surface area contributed by atoms with Crippen LogP contribution < -0.4 is 14.8 Å². The van der Waals surface area contributed by atoms with Gasteiger partial charge in [0, 0.05) is 18.7 Å². The first-order valence-corrected chi connectivity index (χ1v) is 8.79. The predicted molar refractivity (Wildman–Crippen MR) is 94.3 cm³/mol. The van der Waals surface area contributed by atoms with Crippen LogP contribution in [0.3, 0.4) is 0 Å². The average molecular weight is 356 g/mol. The molecular weight excluding hydrogens is 330 g/mol. The summed E-state index contributed by atoms with van der Waals surface area (Å²) in [5.74, 6) is 1.29. The molecule has 1 N–H and O–H groups in total. The monoisotopic (exact) mass is 355 g/mol. The zero-order valence-corrected chi connectivity index (χ0v) is 15.3. The highest BCUT2D eigenvalue weighted by molar-refractivity contribution is 6.32. The largest absolute Gasteiger partial charge is 0.493 e. The Morgan fingerprint density at radius 2 is 2.25 bits per heavy atom. The Hall–Kier alpha value is -1.46. The van der Waals surface area contributed by atoms with Gasteiger partial charge in [-0.3, -0.25) is 4.79 Å². The molecule has 1 aliphatic rings. The summed E-state index contributed by atoms with van der Waals surface area (Å²) in [4.78, 5) is 12.3. The molecule has 0 spiro atoms. The summed E-state index contributed by atoms with van der Waals surface area (Å²) in [6.45, 7) is 6.08. The second kappa shape index (κ2) is 9.14. The van der Waals surface area contributed by atoms with E-state index in [-0.39, 0.29) is 12.0 Å². The van der Waals surface area contributed by atoms with Crippen LogP contribution in [0.4, 0.5) is 0 Å². The van der Waals surface area contributed by atoms with Crippen LogP contribution in [0, 0.1) is 5.92 Å². The molecule has 1 aliphatic heterocycles. The first-order valence-electron chi connectivity index (χ1n) is 8.41. The van der Waals surface area contributed by atoms with Crippen molar-refractivity contribution in [3.05, 3.63) is 22.7 Å². The van der Waals surface area contributed by atoms with Crippen molar-refractivity contribution in [2.24, 2.45) is 5.92 Å². The number of hydrogen-bond donors (Lipinski definition) is 1. The van der Waals surface area contributed by atoms with E-state index in [4.69, 9.17) is 25.8 Å². The van der Waals surface area contributed by atoms with E-state index in [2.05, 4.69) is 19.2 Å². The van der Waals surface area contributed by atoms with Crippen molar-refractivity contribution in [2.45, 2.75) is 39.2 Å². The fourth-order valence-electron chi connectivity index (χ4n) is 2.50. The molecule has 1 aromatic carbocycles. The Morgan fingerprint density at radius 1 is 1.46 bits per heavy atom. The Labute approximate surface area is 148 Å². The molecule has 1 amide bonds. The highest BCUT2D eigenvalue weighted by atomic mass is 35.5. The highest BCUT2D eigenvalue weighted by Gasteiger charge is 2.19. The number of ether oxygens (including phenoxy) is 3. The van der Waals surface area contributed by atoms with Crippen LogP contribution in [0.1, 0.15) is 43.5 Å². The quantitative estimate of drug-likeness (QED) is 0.772. The lowest BCUT2D eigenvalue weighted by Crippen LogP contribution is -2.31. The van der Waals surface area contributed by atoms with Crippen LogP contribution >= 0.6 is 11.6 Å². The lowest BCUT2D eigenvalue weighted by atomic mass is 10.1. The summed E-state index contributed by atoms with van der Waals surface area (Å²) >= 11 is 6.29. The van der Waals surface area contributed by atoms with Crippen molar-refractivity contribution in [3.8, 4) is 11.5 Å². The van der Waals surface area contributed by atoms with Crippen molar-refractivity contribution in [2.75, 3.05) is 26.9 Å². The molecule has 1 atom stereocenters. The van der Waals surface area contributed by atoms with Gasteiger partial charge in [-0.2, -0.15) is 0 Å². The number of carbonyl (C=O) groups is 1. The van der Waals surface area contributed by atoms with Crippen molar-refractivity contribution in [1.29, 1.82) is 0 Å². The van der Waals surface area contributed by atoms with E-state index in [1.165, 1.54) is 7.11 Å². The van der Waals surface area contributed by atoms with Crippen LogP contribution in [-0.2, 0) is 4.74 Å². The normalized spacial score (nSPS) is 17.1. The Kier molecular flexibility index (Phi) is 7.18. The molecule has 134 valence electrons. The topological polar surface area (TPSA) is 56.8 Å². The minimum absolute atomic E-state index is 0.102. The van der Waals surface area contributed by atoms with Crippen LogP contribution in [0.15, 0.2) is 12.1 Å². The van der Waals surface area contributed by atoms with E-state index in [1.54, 1.807) is 12.1 Å². The highest BCUT2D eigenvalue weighted by Crippen LogP contribution is 2.36. The number of hydrogen-bond acceptors (Lipinski definition) is 4. The average Bonchev–Trinajstić information content (AvgIpc) is 3.06. The van der Waals surface area contributed by atoms with Gasteiger partial charge in [-0.1, -0.05) is 25.4 Å². The Balaban J connectivity index is 2.02.